The molecule has 0 bridgehead atoms. The van der Waals surface area contributed by atoms with E-state index in [1.165, 1.54) is 36.4 Å². The van der Waals surface area contributed by atoms with E-state index in [1.54, 1.807) is 6.92 Å². The van der Waals surface area contributed by atoms with Crippen LogP contribution in [0.1, 0.15) is 5.56 Å². The molecule has 0 heterocycles. The van der Waals surface area contributed by atoms with Crippen molar-refractivity contribution < 1.29 is 15.0 Å². The number of aryl methyl sites for hydroxylation is 1. The van der Waals surface area contributed by atoms with Crippen molar-refractivity contribution in [3.05, 3.63) is 62.2 Å². The number of anilines is 2. The summed E-state index contributed by atoms with van der Waals surface area (Å²) in [5.74, 6) is 0.0217. The molecule has 0 aliphatic carbocycles. The molecule has 2 aromatic rings. The third kappa shape index (κ3) is 3.06. The Kier molecular flexibility index (Phi) is 3.70. The molecule has 2 aromatic carbocycles. The lowest BCUT2D eigenvalue weighted by atomic mass is 10.1. The maximum atomic E-state index is 11.1. The molecule has 0 atom stereocenters. The zero-order valence-electron chi connectivity index (χ0n) is 10.9. The number of hydrogen-bond donors (Lipinski definition) is 2. The van der Waals surface area contributed by atoms with Crippen molar-refractivity contribution >= 4 is 22.7 Å². The molecule has 0 unspecified atom stereocenters. The van der Waals surface area contributed by atoms with Crippen molar-refractivity contribution in [1.82, 2.24) is 0 Å². The quantitative estimate of drug-likeness (QED) is 0.506. The minimum absolute atomic E-state index is 0.0217. The van der Waals surface area contributed by atoms with E-state index in [4.69, 9.17) is 0 Å². The maximum Gasteiger partial charge on any atom is 0.300 e. The summed E-state index contributed by atoms with van der Waals surface area (Å²) < 4.78 is 0. The number of aromatic hydroxyl groups is 1. The average Bonchev–Trinajstić information content (AvgIpc) is 2.42. The molecule has 0 aliphatic heterocycles. The minimum Gasteiger partial charge on any atom is -0.508 e. The molecular formula is C13H11N3O5. The molecule has 0 aromatic heterocycles. The van der Waals surface area contributed by atoms with E-state index in [0.29, 0.717) is 11.3 Å². The van der Waals surface area contributed by atoms with Crippen molar-refractivity contribution in [1.29, 1.82) is 0 Å². The second-order valence-electron chi connectivity index (χ2n) is 4.36. The van der Waals surface area contributed by atoms with Crippen molar-refractivity contribution in [2.75, 3.05) is 5.32 Å². The predicted molar refractivity (Wildman–Crippen MR) is 75.9 cm³/mol. The van der Waals surface area contributed by atoms with Crippen LogP contribution in [-0.2, 0) is 0 Å². The lowest BCUT2D eigenvalue weighted by molar-refractivity contribution is -0.392. The Morgan fingerprint density at radius 1 is 1.00 bits per heavy atom. The number of phenolic OH excluding ortho intramolecular Hbond substituents is 1. The molecule has 0 aliphatic rings. The van der Waals surface area contributed by atoms with Gasteiger partial charge in [-0.25, -0.2) is 0 Å². The molecule has 0 amide bonds. The van der Waals surface area contributed by atoms with Crippen LogP contribution in [0, 0.1) is 27.2 Å². The summed E-state index contributed by atoms with van der Waals surface area (Å²) in [4.78, 5) is 20.8. The lowest BCUT2D eigenvalue weighted by Crippen LogP contribution is -2.02. The van der Waals surface area contributed by atoms with Gasteiger partial charge < -0.3 is 10.4 Å². The molecule has 108 valence electrons. The predicted octanol–water partition coefficient (Wildman–Crippen LogP) is 3.26. The topological polar surface area (TPSA) is 119 Å². The first-order valence-corrected chi connectivity index (χ1v) is 5.88. The summed E-state index contributed by atoms with van der Waals surface area (Å²) in [5, 5.41) is 34.1. The Balaban J connectivity index is 2.56. The fraction of sp³-hybridized carbons (Fsp3) is 0.0769. The van der Waals surface area contributed by atoms with Crippen molar-refractivity contribution in [3.8, 4) is 5.75 Å². The van der Waals surface area contributed by atoms with Crippen LogP contribution >= 0.6 is 0 Å². The molecule has 0 saturated carbocycles. The standard InChI is InChI=1S/C13H11N3O5/c1-8-6-11(15(18)19)13(12(7-8)16(20)21)14-9-2-4-10(17)5-3-9/h2-7,14,17H,1H3. The number of nitrogens with zero attached hydrogens (tertiary/aromatic N) is 2. The zero-order chi connectivity index (χ0) is 15.6. The highest BCUT2D eigenvalue weighted by Crippen LogP contribution is 2.37. The van der Waals surface area contributed by atoms with E-state index >= 15 is 0 Å². The Labute approximate surface area is 119 Å². The summed E-state index contributed by atoms with van der Waals surface area (Å²) in [6, 6.07) is 8.18. The molecular weight excluding hydrogens is 278 g/mol. The molecule has 8 heteroatoms. The smallest absolute Gasteiger partial charge is 0.300 e. The first-order valence-electron chi connectivity index (χ1n) is 5.88. The molecule has 21 heavy (non-hydrogen) atoms. The second-order valence-corrected chi connectivity index (χ2v) is 4.36. The first kappa shape index (κ1) is 14.3. The van der Waals surface area contributed by atoms with Gasteiger partial charge in [0.15, 0.2) is 5.69 Å². The molecule has 0 fully saturated rings. The normalized spacial score (nSPS) is 10.1. The Morgan fingerprint density at radius 2 is 1.48 bits per heavy atom. The Hall–Kier alpha value is -3.16. The van der Waals surface area contributed by atoms with Gasteiger partial charge in [0.2, 0.25) is 0 Å². The Morgan fingerprint density at radius 3 is 1.90 bits per heavy atom. The lowest BCUT2D eigenvalue weighted by Gasteiger charge is -2.08. The van der Waals surface area contributed by atoms with Gasteiger partial charge in [-0.1, -0.05) is 0 Å². The fourth-order valence-corrected chi connectivity index (χ4v) is 1.85. The third-order valence-corrected chi connectivity index (χ3v) is 2.77. The van der Waals surface area contributed by atoms with E-state index < -0.39 is 9.85 Å². The van der Waals surface area contributed by atoms with Crippen LogP contribution < -0.4 is 5.32 Å². The van der Waals surface area contributed by atoms with Gasteiger partial charge in [-0.3, -0.25) is 20.2 Å². The third-order valence-electron chi connectivity index (χ3n) is 2.77. The molecule has 8 nitrogen and oxygen atoms in total. The van der Waals surface area contributed by atoms with Gasteiger partial charge in [-0.15, -0.1) is 0 Å². The van der Waals surface area contributed by atoms with E-state index in [2.05, 4.69) is 5.32 Å². The van der Waals surface area contributed by atoms with Gasteiger partial charge >= 0.3 is 0 Å². The van der Waals surface area contributed by atoms with Crippen molar-refractivity contribution in [2.45, 2.75) is 6.92 Å². The van der Waals surface area contributed by atoms with Gasteiger partial charge in [-0.05, 0) is 36.8 Å². The largest absolute Gasteiger partial charge is 0.508 e. The van der Waals surface area contributed by atoms with Crippen LogP contribution in [0.2, 0.25) is 0 Å². The SMILES string of the molecule is Cc1cc([N+](=O)[O-])c(Nc2ccc(O)cc2)c([N+](=O)[O-])c1. The van der Waals surface area contributed by atoms with E-state index in [1.807, 2.05) is 0 Å². The van der Waals surface area contributed by atoms with Gasteiger partial charge in [-0.2, -0.15) is 0 Å². The molecule has 0 saturated heterocycles. The minimum atomic E-state index is -0.678. The molecule has 0 spiro atoms. The van der Waals surface area contributed by atoms with Crippen molar-refractivity contribution in [2.24, 2.45) is 0 Å². The van der Waals surface area contributed by atoms with E-state index in [-0.39, 0.29) is 22.8 Å². The fourth-order valence-electron chi connectivity index (χ4n) is 1.85. The van der Waals surface area contributed by atoms with Crippen LogP contribution in [-0.4, -0.2) is 15.0 Å². The van der Waals surface area contributed by atoms with E-state index in [0.717, 1.165) is 0 Å². The summed E-state index contributed by atoms with van der Waals surface area (Å²) in [5.41, 5.74) is -0.140. The maximum absolute atomic E-state index is 11.1. The van der Waals surface area contributed by atoms with Gasteiger partial charge in [0, 0.05) is 17.8 Å². The highest BCUT2D eigenvalue weighted by molar-refractivity contribution is 5.79. The number of rotatable bonds is 4. The van der Waals surface area contributed by atoms with Gasteiger partial charge in [0.25, 0.3) is 11.4 Å². The highest BCUT2D eigenvalue weighted by atomic mass is 16.6. The zero-order valence-corrected chi connectivity index (χ0v) is 10.9. The number of nitrogens with one attached hydrogen (secondary N) is 1. The molecule has 2 rings (SSSR count). The highest BCUT2D eigenvalue weighted by Gasteiger charge is 2.26. The van der Waals surface area contributed by atoms with Crippen LogP contribution in [0.3, 0.4) is 0 Å². The number of nitro groups is 2. The van der Waals surface area contributed by atoms with E-state index in [9.17, 15) is 25.3 Å². The Bertz CT molecular complexity index is 677. The number of nitro benzene ring substituents is 2. The summed E-state index contributed by atoms with van der Waals surface area (Å²) in [6.45, 7) is 1.55. The number of phenols is 1. The summed E-state index contributed by atoms with van der Waals surface area (Å²) in [7, 11) is 0. The monoisotopic (exact) mass is 289 g/mol. The van der Waals surface area contributed by atoms with Crippen LogP contribution in [0.4, 0.5) is 22.7 Å². The van der Waals surface area contributed by atoms with Crippen LogP contribution in [0.5, 0.6) is 5.75 Å². The summed E-state index contributed by atoms with van der Waals surface area (Å²) >= 11 is 0. The first-order chi connectivity index (χ1) is 9.88. The summed E-state index contributed by atoms with van der Waals surface area (Å²) in [6.07, 6.45) is 0. The molecule has 0 radical (unpaired) electrons. The van der Waals surface area contributed by atoms with Crippen molar-refractivity contribution in [3.63, 3.8) is 0 Å². The second kappa shape index (κ2) is 5.45. The number of benzene rings is 2. The van der Waals surface area contributed by atoms with Gasteiger partial charge in [0.1, 0.15) is 5.75 Å². The molecule has 2 N–H and O–H groups in total. The van der Waals surface area contributed by atoms with Gasteiger partial charge in [0.05, 0.1) is 9.85 Å². The van der Waals surface area contributed by atoms with Crippen LogP contribution in [0.25, 0.3) is 0 Å². The average molecular weight is 289 g/mol. The number of hydrogen-bond acceptors (Lipinski definition) is 6. The van der Waals surface area contributed by atoms with Crippen LogP contribution in [0.15, 0.2) is 36.4 Å².